The number of rotatable bonds is 7. The second-order valence-corrected chi connectivity index (χ2v) is 12.9. The number of para-hydroxylation sites is 1. The third-order valence-electron chi connectivity index (χ3n) is 8.66. The Morgan fingerprint density at radius 3 is 2.19 bits per heavy atom. The molecular weight excluding hydrogens is 690 g/mol. The van der Waals surface area contributed by atoms with Gasteiger partial charge in [0.15, 0.2) is 0 Å². The van der Waals surface area contributed by atoms with Crippen LogP contribution < -0.4 is 4.74 Å². The maximum atomic E-state index is 14.3. The number of hydrogen-bond donors (Lipinski definition) is 0. The predicted octanol–water partition coefficient (Wildman–Crippen LogP) is 10.7. The third kappa shape index (κ3) is 5.87. The van der Waals surface area contributed by atoms with Gasteiger partial charge >= 0.3 is 20.4 Å². The van der Waals surface area contributed by atoms with Crippen molar-refractivity contribution in [2.24, 2.45) is 0 Å². The molecule has 0 spiro atoms. The smallest absolute Gasteiger partial charge is 0.509 e. The Hall–Kier alpha value is -4.57. The molecule has 48 heavy (non-hydrogen) atoms. The summed E-state index contributed by atoms with van der Waals surface area (Å²) in [6.45, 7) is 15.4. The number of aryl methyl sites for hydroxylation is 3. The Bertz CT molecular complexity index is 2280. The summed E-state index contributed by atoms with van der Waals surface area (Å²) in [7, 11) is 0. The fourth-order valence-electron chi connectivity index (χ4n) is 6.83. The first-order valence-corrected chi connectivity index (χ1v) is 16.1. The first-order valence-electron chi connectivity index (χ1n) is 16.1. The molecule has 0 N–H and O–H groups in total. The van der Waals surface area contributed by atoms with Crippen molar-refractivity contribution in [2.75, 3.05) is 0 Å². The summed E-state index contributed by atoms with van der Waals surface area (Å²) in [5, 5.41) is 7.23. The second-order valence-electron chi connectivity index (χ2n) is 12.9. The predicted molar refractivity (Wildman–Crippen MR) is 188 cm³/mol. The van der Waals surface area contributed by atoms with E-state index in [0.29, 0.717) is 17.3 Å². The summed E-state index contributed by atoms with van der Waals surface area (Å²) in [4.78, 5) is 4.47. The zero-order valence-electron chi connectivity index (χ0n) is 28.1. The molecule has 5 nitrogen and oxygen atoms in total. The maximum absolute atomic E-state index is 14.3. The molecule has 0 saturated heterocycles. The van der Waals surface area contributed by atoms with Crippen LogP contribution >= 0.6 is 0 Å². The van der Waals surface area contributed by atoms with Gasteiger partial charge in [0.2, 0.25) is 0 Å². The van der Waals surface area contributed by atoms with Crippen molar-refractivity contribution < 1.29 is 29.6 Å². The minimum absolute atomic E-state index is 0. The Balaban J connectivity index is 0.00000401. The van der Waals surface area contributed by atoms with Crippen LogP contribution in [0.5, 0.6) is 11.5 Å². The minimum Gasteiger partial charge on any atom is -0.509 e. The molecule has 0 aliphatic heterocycles. The van der Waals surface area contributed by atoms with Crippen molar-refractivity contribution in [2.45, 2.75) is 60.3 Å². The quantitative estimate of drug-likeness (QED) is 0.121. The number of aromatic nitrogens is 4. The molecule has 0 unspecified atom stereocenters. The molecule has 0 radical (unpaired) electrons. The van der Waals surface area contributed by atoms with Crippen LogP contribution in [-0.2, 0) is 20.4 Å². The number of hydrogen-bond acceptors (Lipinski definition) is 3. The Kier molecular flexibility index (Phi) is 9.13. The molecule has 7 heteroatoms. The van der Waals surface area contributed by atoms with Gasteiger partial charge in [0.25, 0.3) is 0 Å². The van der Waals surface area contributed by atoms with E-state index in [0.717, 1.165) is 38.9 Å². The average molecular weight is 727 g/mol. The summed E-state index contributed by atoms with van der Waals surface area (Å²) in [5.41, 5.74) is 10.9. The zero-order valence-corrected chi connectivity index (χ0v) is 29.7. The molecule has 4 aromatic carbocycles. The van der Waals surface area contributed by atoms with Crippen LogP contribution in [0.15, 0.2) is 85.1 Å². The molecule has 0 aliphatic rings. The van der Waals surface area contributed by atoms with Gasteiger partial charge in [-0.25, -0.2) is 9.37 Å². The van der Waals surface area contributed by atoms with Gasteiger partial charge in [-0.05, 0) is 72.5 Å². The Morgan fingerprint density at radius 1 is 0.750 bits per heavy atom. The van der Waals surface area contributed by atoms with Gasteiger partial charge in [-0.2, -0.15) is 17.2 Å². The standard InChI is InChI=1S/C41H37FN4O.Pd/c1-24(2)40-39(38-27(6)19-26(5)20-28(38)7)41(25(3)4)46(44-40)30-11-10-12-31(22-30)47-32-15-16-34-33-13-8-9-14-35(33)45(36(34)23-32)37-21-29(42)17-18-43-37;/h8-21,24-25H,1-7H3;/q-2;+2. The number of benzene rings is 4. The topological polar surface area (TPSA) is 44.9 Å². The van der Waals surface area contributed by atoms with Crippen LogP contribution in [0.1, 0.15) is 67.6 Å². The summed E-state index contributed by atoms with van der Waals surface area (Å²) in [6, 6.07) is 32.0. The van der Waals surface area contributed by atoms with Crippen LogP contribution in [0, 0.1) is 38.7 Å². The van der Waals surface area contributed by atoms with E-state index in [4.69, 9.17) is 9.84 Å². The Morgan fingerprint density at radius 2 is 1.48 bits per heavy atom. The molecule has 0 aliphatic carbocycles. The molecule has 244 valence electrons. The summed E-state index contributed by atoms with van der Waals surface area (Å²) in [5.74, 6) is 1.63. The van der Waals surface area contributed by atoms with Crippen molar-refractivity contribution in [3.05, 3.63) is 131 Å². The van der Waals surface area contributed by atoms with Gasteiger partial charge in [0.1, 0.15) is 11.6 Å². The summed E-state index contributed by atoms with van der Waals surface area (Å²) >= 11 is 0. The van der Waals surface area contributed by atoms with E-state index in [1.807, 2.05) is 57.8 Å². The fourth-order valence-corrected chi connectivity index (χ4v) is 6.83. The third-order valence-corrected chi connectivity index (χ3v) is 8.66. The molecule has 0 bridgehead atoms. The van der Waals surface area contributed by atoms with E-state index in [9.17, 15) is 4.39 Å². The summed E-state index contributed by atoms with van der Waals surface area (Å²) < 4.78 is 24.7. The fraction of sp³-hybridized carbons (Fsp3) is 0.220. The molecule has 0 fully saturated rings. The van der Waals surface area contributed by atoms with Crippen molar-refractivity contribution in [1.29, 1.82) is 0 Å². The van der Waals surface area contributed by atoms with Crippen molar-refractivity contribution >= 4 is 21.8 Å². The molecule has 7 rings (SSSR count). The SMILES string of the molecule is Cc1cc(C)c(-c2c(C(C)C)nn(-c3[c-]c(Oc4[c-]c5c(cc4)c4ccccc4n5-c4cc(F)ccn4)ccc3)c2C(C)C)c(C)c1.[Pd+2]. The molecule has 3 heterocycles. The van der Waals surface area contributed by atoms with Gasteiger partial charge in [0, 0.05) is 34.8 Å². The van der Waals surface area contributed by atoms with Gasteiger partial charge in [-0.3, -0.25) is 4.68 Å². The largest absolute Gasteiger partial charge is 2.00 e. The van der Waals surface area contributed by atoms with Crippen LogP contribution in [0.2, 0.25) is 0 Å². The minimum atomic E-state index is -0.351. The van der Waals surface area contributed by atoms with Gasteiger partial charge in [-0.1, -0.05) is 69.1 Å². The zero-order chi connectivity index (χ0) is 33.0. The van der Waals surface area contributed by atoms with Crippen molar-refractivity contribution in [3.8, 4) is 34.1 Å². The molecular formula is C41H37FN4OPd. The van der Waals surface area contributed by atoms with Crippen molar-refractivity contribution in [1.82, 2.24) is 19.3 Å². The molecule has 0 atom stereocenters. The number of pyridine rings is 1. The van der Waals surface area contributed by atoms with Gasteiger partial charge in [-0.15, -0.1) is 35.7 Å². The first-order chi connectivity index (χ1) is 22.6. The second kappa shape index (κ2) is 13.1. The van der Waals surface area contributed by atoms with Gasteiger partial charge < -0.3 is 9.30 Å². The number of fused-ring (bicyclic) bond motifs is 3. The normalized spacial score (nSPS) is 11.5. The van der Waals surface area contributed by atoms with E-state index in [2.05, 4.69) is 83.8 Å². The van der Waals surface area contributed by atoms with E-state index in [1.54, 1.807) is 0 Å². The van der Waals surface area contributed by atoms with Crippen LogP contribution in [0.3, 0.4) is 0 Å². The van der Waals surface area contributed by atoms with Crippen LogP contribution in [0.4, 0.5) is 4.39 Å². The van der Waals surface area contributed by atoms with E-state index in [1.165, 1.54) is 46.1 Å². The monoisotopic (exact) mass is 726 g/mol. The molecule has 0 amide bonds. The molecule has 0 saturated carbocycles. The van der Waals surface area contributed by atoms with E-state index < -0.39 is 0 Å². The van der Waals surface area contributed by atoms with Gasteiger partial charge in [0.05, 0.1) is 11.4 Å². The number of ether oxygens (including phenoxy) is 1. The summed E-state index contributed by atoms with van der Waals surface area (Å²) in [6.07, 6.45) is 1.48. The van der Waals surface area contributed by atoms with Crippen LogP contribution in [0.25, 0.3) is 44.4 Å². The van der Waals surface area contributed by atoms with E-state index in [-0.39, 0.29) is 38.1 Å². The Labute approximate surface area is 295 Å². The number of halogens is 1. The first kappa shape index (κ1) is 33.3. The van der Waals surface area contributed by atoms with E-state index >= 15 is 0 Å². The molecule has 7 aromatic rings. The maximum Gasteiger partial charge on any atom is 2.00 e. The molecule has 3 aromatic heterocycles. The average Bonchev–Trinajstić information content (AvgIpc) is 3.58. The van der Waals surface area contributed by atoms with Crippen LogP contribution in [-0.4, -0.2) is 19.3 Å². The van der Waals surface area contributed by atoms with Crippen molar-refractivity contribution in [3.63, 3.8) is 0 Å². The number of nitrogens with zero attached hydrogens (tertiary/aromatic N) is 4.